The third-order valence-corrected chi connectivity index (χ3v) is 3.27. The quantitative estimate of drug-likeness (QED) is 0.561. The number of unbranched alkanes of at least 4 members (excludes halogenated alkanes) is 2. The lowest BCUT2D eigenvalue weighted by atomic mass is 10.2. The summed E-state index contributed by atoms with van der Waals surface area (Å²) in [6.45, 7) is 0. The summed E-state index contributed by atoms with van der Waals surface area (Å²) in [5.74, 6) is 1.27. The number of nitrogens with zero attached hydrogens (tertiary/aromatic N) is 2. The molecule has 20 heavy (non-hydrogen) atoms. The number of hydrogen-bond donors (Lipinski definition) is 1. The Labute approximate surface area is 128 Å². The zero-order chi connectivity index (χ0) is 14.8. The van der Waals surface area contributed by atoms with Crippen molar-refractivity contribution in [1.82, 2.24) is 9.55 Å². The summed E-state index contributed by atoms with van der Waals surface area (Å²) < 4.78 is 1.37. The Kier molecular flexibility index (Phi) is 8.30. The van der Waals surface area contributed by atoms with Crippen molar-refractivity contribution in [3.8, 4) is 0 Å². The summed E-state index contributed by atoms with van der Waals surface area (Å²) in [6.07, 6.45) is 6.71. The smallest absolute Gasteiger partial charge is 0.233 e. The van der Waals surface area contributed by atoms with Crippen molar-refractivity contribution in [3.05, 3.63) is 12.5 Å². The summed E-state index contributed by atoms with van der Waals surface area (Å²) in [6, 6.07) is 0. The normalized spacial score (nSPS) is 10.5. The van der Waals surface area contributed by atoms with Crippen molar-refractivity contribution in [1.29, 1.82) is 0 Å². The number of rotatable bonds is 9. The predicted molar refractivity (Wildman–Crippen MR) is 80.6 cm³/mol. The molecule has 1 N–H and O–H groups in total. The van der Waals surface area contributed by atoms with E-state index >= 15 is 0 Å². The Morgan fingerprint density at radius 2 is 1.75 bits per heavy atom. The number of aromatic nitrogens is 2. The first-order valence-electron chi connectivity index (χ1n) is 6.66. The van der Waals surface area contributed by atoms with Gasteiger partial charge >= 0.3 is 0 Å². The Hall–Kier alpha value is -1.07. The molecule has 1 aromatic rings. The molecule has 5 nitrogen and oxygen atoms in total. The topological polar surface area (TPSA) is 64.0 Å². The van der Waals surface area contributed by atoms with Crippen molar-refractivity contribution in [2.24, 2.45) is 0 Å². The monoisotopic (exact) mass is 319 g/mol. The molecule has 0 aliphatic carbocycles. The average Bonchev–Trinajstić information content (AvgIpc) is 2.87. The minimum absolute atomic E-state index is 0.0938. The van der Waals surface area contributed by atoms with E-state index in [1.54, 1.807) is 0 Å². The molecule has 1 heterocycles. The fourth-order valence-electron chi connectivity index (χ4n) is 1.66. The molecule has 0 unspecified atom stereocenters. The van der Waals surface area contributed by atoms with E-state index in [0.29, 0.717) is 30.4 Å². The van der Waals surface area contributed by atoms with Crippen molar-refractivity contribution in [2.75, 3.05) is 17.1 Å². The van der Waals surface area contributed by atoms with Gasteiger partial charge in [-0.15, -0.1) is 23.2 Å². The molecule has 0 spiro atoms. The molecule has 0 atom stereocenters. The summed E-state index contributed by atoms with van der Waals surface area (Å²) in [4.78, 5) is 27.6. The van der Waals surface area contributed by atoms with Crippen LogP contribution in [0.25, 0.3) is 0 Å². The molecule has 0 fully saturated rings. The molecule has 0 saturated carbocycles. The van der Waals surface area contributed by atoms with Crippen LogP contribution in [-0.4, -0.2) is 33.1 Å². The van der Waals surface area contributed by atoms with E-state index < -0.39 is 0 Å². The van der Waals surface area contributed by atoms with Gasteiger partial charge in [-0.2, -0.15) is 0 Å². The number of nitrogens with one attached hydrogen (secondary N) is 1. The van der Waals surface area contributed by atoms with E-state index in [-0.39, 0.29) is 11.8 Å². The van der Waals surface area contributed by atoms with Crippen LogP contribution in [-0.2, 0) is 4.79 Å². The van der Waals surface area contributed by atoms with Gasteiger partial charge in [0, 0.05) is 24.6 Å². The summed E-state index contributed by atoms with van der Waals surface area (Å²) in [5.41, 5.74) is 0. The van der Waals surface area contributed by atoms with E-state index in [1.807, 2.05) is 0 Å². The molecular weight excluding hydrogens is 301 g/mol. The summed E-state index contributed by atoms with van der Waals surface area (Å²) in [7, 11) is 0. The zero-order valence-corrected chi connectivity index (χ0v) is 12.8. The highest BCUT2D eigenvalue weighted by molar-refractivity contribution is 6.18. The SMILES string of the molecule is O=C(CCCCCl)Nc1cncn1C(=O)CCCCCl. The van der Waals surface area contributed by atoms with Crippen LogP contribution in [0.4, 0.5) is 5.82 Å². The highest BCUT2D eigenvalue weighted by atomic mass is 35.5. The van der Waals surface area contributed by atoms with E-state index in [1.165, 1.54) is 17.1 Å². The first-order chi connectivity index (χ1) is 9.69. The van der Waals surface area contributed by atoms with Gasteiger partial charge in [-0.3, -0.25) is 14.2 Å². The lowest BCUT2D eigenvalue weighted by molar-refractivity contribution is -0.116. The predicted octanol–water partition coefficient (Wildman–Crippen LogP) is 3.28. The maximum Gasteiger partial charge on any atom is 0.233 e. The van der Waals surface area contributed by atoms with Gasteiger partial charge in [0.25, 0.3) is 0 Å². The molecule has 0 radical (unpaired) electrons. The van der Waals surface area contributed by atoms with Gasteiger partial charge in [0.1, 0.15) is 12.1 Å². The second-order valence-corrected chi connectivity index (χ2v) is 5.14. The van der Waals surface area contributed by atoms with Gasteiger partial charge in [0.15, 0.2) is 0 Å². The lowest BCUT2D eigenvalue weighted by Crippen LogP contribution is -2.18. The fraction of sp³-hybridized carbons (Fsp3) is 0.615. The minimum atomic E-state index is -0.134. The third kappa shape index (κ3) is 5.92. The third-order valence-electron chi connectivity index (χ3n) is 2.74. The molecule has 1 rings (SSSR count). The second-order valence-electron chi connectivity index (χ2n) is 4.38. The molecule has 1 aromatic heterocycles. The molecule has 7 heteroatoms. The number of alkyl halides is 2. The van der Waals surface area contributed by atoms with Crippen LogP contribution in [0.1, 0.15) is 43.3 Å². The van der Waals surface area contributed by atoms with Gasteiger partial charge in [-0.25, -0.2) is 4.98 Å². The van der Waals surface area contributed by atoms with Crippen molar-refractivity contribution < 1.29 is 9.59 Å². The molecule has 112 valence electrons. The standard InChI is InChI=1S/C13H19Cl2N3O2/c14-7-3-1-5-12(19)17-11-9-16-10-18(11)13(20)6-2-4-8-15/h9-10H,1-8H2,(H,17,19). The second kappa shape index (κ2) is 9.77. The van der Waals surface area contributed by atoms with Crippen molar-refractivity contribution >= 4 is 40.8 Å². The van der Waals surface area contributed by atoms with Crippen LogP contribution < -0.4 is 5.32 Å². The Balaban J connectivity index is 2.49. The van der Waals surface area contributed by atoms with E-state index in [0.717, 1.165) is 25.7 Å². The zero-order valence-electron chi connectivity index (χ0n) is 11.3. The highest BCUT2D eigenvalue weighted by Gasteiger charge is 2.12. The van der Waals surface area contributed by atoms with Gasteiger partial charge < -0.3 is 5.32 Å². The van der Waals surface area contributed by atoms with Crippen LogP contribution in [0.15, 0.2) is 12.5 Å². The van der Waals surface area contributed by atoms with Crippen LogP contribution >= 0.6 is 23.2 Å². The number of anilines is 1. The molecule has 0 aliphatic rings. The largest absolute Gasteiger partial charge is 0.310 e. The molecular formula is C13H19Cl2N3O2. The fourth-order valence-corrected chi connectivity index (χ4v) is 2.04. The number of amides is 1. The number of carbonyl (C=O) groups excluding carboxylic acids is 2. The van der Waals surface area contributed by atoms with E-state index in [4.69, 9.17) is 23.2 Å². The number of imidazole rings is 1. The van der Waals surface area contributed by atoms with Crippen LogP contribution in [0, 0.1) is 0 Å². The average molecular weight is 320 g/mol. The van der Waals surface area contributed by atoms with Gasteiger partial charge in [0.2, 0.25) is 11.8 Å². The van der Waals surface area contributed by atoms with E-state index in [9.17, 15) is 9.59 Å². The molecule has 0 saturated heterocycles. The first-order valence-corrected chi connectivity index (χ1v) is 7.73. The Morgan fingerprint density at radius 3 is 2.40 bits per heavy atom. The Morgan fingerprint density at radius 1 is 1.10 bits per heavy atom. The highest BCUT2D eigenvalue weighted by Crippen LogP contribution is 2.10. The molecule has 0 bridgehead atoms. The minimum Gasteiger partial charge on any atom is -0.310 e. The molecule has 0 aromatic carbocycles. The number of halogens is 2. The molecule has 0 aliphatic heterocycles. The number of carbonyl (C=O) groups is 2. The Bertz CT molecular complexity index is 435. The molecule has 1 amide bonds. The summed E-state index contributed by atoms with van der Waals surface area (Å²) in [5, 5.41) is 2.69. The first kappa shape index (κ1) is 17.0. The maximum absolute atomic E-state index is 12.0. The van der Waals surface area contributed by atoms with Crippen molar-refractivity contribution in [2.45, 2.75) is 38.5 Å². The van der Waals surface area contributed by atoms with E-state index in [2.05, 4.69) is 10.3 Å². The summed E-state index contributed by atoms with van der Waals surface area (Å²) >= 11 is 11.1. The van der Waals surface area contributed by atoms with Crippen LogP contribution in [0.3, 0.4) is 0 Å². The van der Waals surface area contributed by atoms with Gasteiger partial charge in [-0.1, -0.05) is 0 Å². The van der Waals surface area contributed by atoms with Crippen molar-refractivity contribution in [3.63, 3.8) is 0 Å². The van der Waals surface area contributed by atoms with Gasteiger partial charge in [0.05, 0.1) is 6.20 Å². The maximum atomic E-state index is 12.0. The van der Waals surface area contributed by atoms with Crippen LogP contribution in [0.2, 0.25) is 0 Å². The van der Waals surface area contributed by atoms with Crippen LogP contribution in [0.5, 0.6) is 0 Å². The lowest BCUT2D eigenvalue weighted by Gasteiger charge is -2.08. The van der Waals surface area contributed by atoms with Gasteiger partial charge in [-0.05, 0) is 25.7 Å². The number of hydrogen-bond acceptors (Lipinski definition) is 3.